The van der Waals surface area contributed by atoms with E-state index in [4.69, 9.17) is 0 Å². The van der Waals surface area contributed by atoms with Gasteiger partial charge in [-0.15, -0.1) is 0 Å². The van der Waals surface area contributed by atoms with Crippen molar-refractivity contribution in [3.8, 4) is 0 Å². The van der Waals surface area contributed by atoms with E-state index in [1.165, 1.54) is 0 Å². The van der Waals surface area contributed by atoms with Crippen LogP contribution in [0.3, 0.4) is 0 Å². The molecule has 0 spiro atoms. The van der Waals surface area contributed by atoms with Crippen LogP contribution in [0.25, 0.3) is 0 Å². The summed E-state index contributed by atoms with van der Waals surface area (Å²) in [6, 6.07) is 3.94. The summed E-state index contributed by atoms with van der Waals surface area (Å²) in [6.07, 6.45) is 0. The van der Waals surface area contributed by atoms with Crippen molar-refractivity contribution in [2.24, 2.45) is 4.99 Å². The second-order valence-corrected chi connectivity index (χ2v) is 4.60. The summed E-state index contributed by atoms with van der Waals surface area (Å²) in [7, 11) is 0. The number of hydrogen-bond donors (Lipinski definition) is 0. The third-order valence-electron chi connectivity index (χ3n) is 1.45. The van der Waals surface area contributed by atoms with Crippen LogP contribution in [-0.2, 0) is 5.33 Å². The molecule has 0 aliphatic carbocycles. The smallest absolute Gasteiger partial charge is 0.103 e. The SMILES string of the molecule is S=C=Nc1c(Br)ccc(CBr)c1Br. The molecule has 0 unspecified atom stereocenters. The van der Waals surface area contributed by atoms with Crippen LogP contribution < -0.4 is 0 Å². The fraction of sp³-hybridized carbons (Fsp3) is 0.125. The fourth-order valence-electron chi connectivity index (χ4n) is 0.834. The molecule has 1 nitrogen and oxygen atoms in total. The Balaban J connectivity index is 3.37. The van der Waals surface area contributed by atoms with Gasteiger partial charge in [-0.05, 0) is 55.7 Å². The van der Waals surface area contributed by atoms with Gasteiger partial charge in [-0.3, -0.25) is 0 Å². The first-order chi connectivity index (χ1) is 6.20. The summed E-state index contributed by atoms with van der Waals surface area (Å²) in [6.45, 7) is 0. The Morgan fingerprint density at radius 1 is 1.38 bits per heavy atom. The Hall–Kier alpha value is 0.460. The molecule has 0 aromatic heterocycles. The second kappa shape index (κ2) is 5.37. The number of aliphatic imine (C=N–C) groups is 1. The van der Waals surface area contributed by atoms with Gasteiger partial charge in [0.15, 0.2) is 0 Å². The predicted molar refractivity (Wildman–Crippen MR) is 69.2 cm³/mol. The maximum atomic E-state index is 4.56. The Morgan fingerprint density at radius 2 is 2.08 bits per heavy atom. The second-order valence-electron chi connectivity index (χ2n) is 2.21. The first-order valence-electron chi connectivity index (χ1n) is 3.31. The highest BCUT2D eigenvalue weighted by Crippen LogP contribution is 2.36. The normalized spacial score (nSPS) is 9.46. The lowest BCUT2D eigenvalue weighted by molar-refractivity contribution is 1.36. The Morgan fingerprint density at radius 3 is 2.62 bits per heavy atom. The average Bonchev–Trinajstić information content (AvgIpc) is 2.12. The molecule has 0 aliphatic heterocycles. The molecule has 1 aromatic rings. The van der Waals surface area contributed by atoms with E-state index in [0.29, 0.717) is 0 Å². The molecule has 0 heterocycles. The Kier molecular flexibility index (Phi) is 4.76. The summed E-state index contributed by atoms with van der Waals surface area (Å²) >= 11 is 14.8. The number of halogens is 3. The molecule has 1 aromatic carbocycles. The van der Waals surface area contributed by atoms with Gasteiger partial charge < -0.3 is 0 Å². The molecular weight excluding hydrogens is 382 g/mol. The topological polar surface area (TPSA) is 12.4 Å². The molecule has 0 fully saturated rings. The molecule has 0 aliphatic rings. The Labute approximate surface area is 107 Å². The molecule has 0 amide bonds. The van der Waals surface area contributed by atoms with Gasteiger partial charge >= 0.3 is 0 Å². The predicted octanol–water partition coefficient (Wildman–Crippen LogP) is 4.84. The van der Waals surface area contributed by atoms with Gasteiger partial charge in [0.1, 0.15) is 5.69 Å². The van der Waals surface area contributed by atoms with Gasteiger partial charge in [-0.2, -0.15) is 4.99 Å². The number of hydrogen-bond acceptors (Lipinski definition) is 2. The van der Waals surface area contributed by atoms with Crippen LogP contribution in [0.4, 0.5) is 5.69 Å². The molecule has 0 atom stereocenters. The van der Waals surface area contributed by atoms with E-state index in [0.717, 1.165) is 25.5 Å². The lowest BCUT2D eigenvalue weighted by Gasteiger charge is -2.04. The van der Waals surface area contributed by atoms with Crippen molar-refractivity contribution in [2.45, 2.75) is 5.33 Å². The lowest BCUT2D eigenvalue weighted by atomic mass is 10.2. The van der Waals surface area contributed by atoms with Gasteiger partial charge in [-0.25, -0.2) is 0 Å². The van der Waals surface area contributed by atoms with Gasteiger partial charge in [0.25, 0.3) is 0 Å². The minimum atomic E-state index is 0.779. The molecule has 0 bridgehead atoms. The van der Waals surface area contributed by atoms with Crippen LogP contribution >= 0.6 is 60.0 Å². The zero-order valence-electron chi connectivity index (χ0n) is 6.35. The zero-order valence-corrected chi connectivity index (χ0v) is 11.9. The third kappa shape index (κ3) is 2.70. The van der Waals surface area contributed by atoms with Crippen molar-refractivity contribution in [1.29, 1.82) is 0 Å². The van der Waals surface area contributed by atoms with E-state index in [1.54, 1.807) is 0 Å². The molecule has 0 radical (unpaired) electrons. The molecule has 0 saturated carbocycles. The van der Waals surface area contributed by atoms with Gasteiger partial charge in [0.2, 0.25) is 0 Å². The van der Waals surface area contributed by atoms with Gasteiger partial charge in [0, 0.05) is 14.3 Å². The van der Waals surface area contributed by atoms with Crippen LogP contribution in [0.1, 0.15) is 5.56 Å². The summed E-state index contributed by atoms with van der Waals surface area (Å²) in [5.74, 6) is 0. The monoisotopic (exact) mass is 383 g/mol. The van der Waals surface area contributed by atoms with E-state index >= 15 is 0 Å². The fourth-order valence-corrected chi connectivity index (χ4v) is 3.03. The maximum Gasteiger partial charge on any atom is 0.103 e. The first kappa shape index (κ1) is 11.5. The van der Waals surface area contributed by atoms with E-state index in [1.807, 2.05) is 12.1 Å². The largest absolute Gasteiger partial charge is 0.192 e. The van der Waals surface area contributed by atoms with Gasteiger partial charge in [-0.1, -0.05) is 22.0 Å². The number of rotatable bonds is 2. The molecule has 13 heavy (non-hydrogen) atoms. The van der Waals surface area contributed by atoms with Crippen molar-refractivity contribution >= 4 is 70.9 Å². The highest BCUT2D eigenvalue weighted by atomic mass is 79.9. The quantitative estimate of drug-likeness (QED) is 0.403. The van der Waals surface area contributed by atoms with Crippen molar-refractivity contribution < 1.29 is 0 Å². The van der Waals surface area contributed by atoms with Crippen molar-refractivity contribution in [3.63, 3.8) is 0 Å². The van der Waals surface area contributed by atoms with Crippen LogP contribution in [0.2, 0.25) is 0 Å². The van der Waals surface area contributed by atoms with Crippen LogP contribution in [0, 0.1) is 0 Å². The molecular formula is C8H4Br3NS. The molecule has 68 valence electrons. The summed E-state index contributed by atoms with van der Waals surface area (Å²) in [5.41, 5.74) is 1.92. The lowest BCUT2D eigenvalue weighted by Crippen LogP contribution is -1.81. The molecule has 0 saturated heterocycles. The third-order valence-corrected chi connectivity index (χ3v) is 3.67. The van der Waals surface area contributed by atoms with Crippen LogP contribution in [0.15, 0.2) is 26.1 Å². The molecule has 5 heteroatoms. The van der Waals surface area contributed by atoms with E-state index in [2.05, 4.69) is 70.2 Å². The van der Waals surface area contributed by atoms with Crippen LogP contribution in [0.5, 0.6) is 0 Å². The minimum Gasteiger partial charge on any atom is -0.192 e. The summed E-state index contributed by atoms with van der Waals surface area (Å²) in [4.78, 5) is 3.96. The summed E-state index contributed by atoms with van der Waals surface area (Å²) in [5, 5.41) is 3.13. The average molecular weight is 386 g/mol. The van der Waals surface area contributed by atoms with Gasteiger partial charge in [0.05, 0.1) is 5.16 Å². The number of alkyl halides is 1. The summed E-state index contributed by atoms with van der Waals surface area (Å²) < 4.78 is 1.84. The minimum absolute atomic E-state index is 0.779. The molecule has 1 rings (SSSR count). The van der Waals surface area contributed by atoms with E-state index in [9.17, 15) is 0 Å². The number of benzene rings is 1. The number of isothiocyanates is 1. The standard InChI is InChI=1S/C8H4Br3NS/c9-3-5-1-2-6(10)8(7(5)11)12-4-13/h1-2H,3H2. The zero-order chi connectivity index (χ0) is 9.84. The molecule has 0 N–H and O–H groups in total. The highest BCUT2D eigenvalue weighted by Gasteiger charge is 2.07. The number of nitrogens with zero attached hydrogens (tertiary/aromatic N) is 1. The van der Waals surface area contributed by atoms with Crippen molar-refractivity contribution in [2.75, 3.05) is 0 Å². The van der Waals surface area contributed by atoms with Crippen LogP contribution in [-0.4, -0.2) is 5.16 Å². The van der Waals surface area contributed by atoms with Crippen molar-refractivity contribution in [1.82, 2.24) is 0 Å². The van der Waals surface area contributed by atoms with Crippen molar-refractivity contribution in [3.05, 3.63) is 26.6 Å². The number of thiocarbonyl (C=S) groups is 1. The van der Waals surface area contributed by atoms with E-state index in [-0.39, 0.29) is 0 Å². The maximum absolute atomic E-state index is 4.56. The highest BCUT2D eigenvalue weighted by molar-refractivity contribution is 9.11. The first-order valence-corrected chi connectivity index (χ1v) is 6.43. The Bertz CT molecular complexity index is 372. The van der Waals surface area contributed by atoms with E-state index < -0.39 is 0 Å².